The van der Waals surface area contributed by atoms with Crippen LogP contribution in [0.15, 0.2) is 0 Å². The van der Waals surface area contributed by atoms with Gasteiger partial charge in [-0.1, -0.05) is 6.42 Å². The normalized spacial score (nSPS) is 20.2. The third-order valence-electron chi connectivity index (χ3n) is 3.37. The van der Waals surface area contributed by atoms with E-state index in [0.29, 0.717) is 12.6 Å². The maximum Gasteiger partial charge on any atom is 0.166 e. The Morgan fingerprint density at radius 2 is 1.94 bits per heavy atom. The van der Waals surface area contributed by atoms with Crippen molar-refractivity contribution in [3.8, 4) is 0 Å². The first-order valence-electron chi connectivity index (χ1n) is 6.91. The number of hydrogen-bond acceptors (Lipinski definition) is 3. The molecule has 0 saturated carbocycles. The maximum absolute atomic E-state index is 5.27. The predicted octanol–water partition coefficient (Wildman–Crippen LogP) is 1.36. The molecule has 2 atom stereocenters. The monoisotopic (exact) mass is 273 g/mol. The molecular formula is C13H27N3OS. The average molecular weight is 273 g/mol. The first-order valence-corrected chi connectivity index (χ1v) is 7.31. The third kappa shape index (κ3) is 5.98. The molecule has 1 rings (SSSR count). The molecule has 5 heteroatoms. The first kappa shape index (κ1) is 15.7. The standard InChI is InChI=1S/C13H27N3OS/c1-11(10-17-3)15-13(18)14-9-12(2)16-7-5-4-6-8-16/h11-12H,4-10H2,1-3H3,(H2,14,15,18). The van der Waals surface area contributed by atoms with E-state index in [0.717, 1.165) is 11.7 Å². The SMILES string of the molecule is COCC(C)NC(=S)NCC(C)N1CCCCC1. The minimum atomic E-state index is 0.250. The van der Waals surface area contributed by atoms with E-state index in [4.69, 9.17) is 17.0 Å². The predicted molar refractivity (Wildman–Crippen MR) is 80.0 cm³/mol. The van der Waals surface area contributed by atoms with Crippen molar-refractivity contribution >= 4 is 17.3 Å². The number of piperidine rings is 1. The summed E-state index contributed by atoms with van der Waals surface area (Å²) >= 11 is 5.27. The van der Waals surface area contributed by atoms with Crippen molar-refractivity contribution in [2.75, 3.05) is 33.4 Å². The second-order valence-electron chi connectivity index (χ2n) is 5.16. The number of hydrogen-bond donors (Lipinski definition) is 2. The van der Waals surface area contributed by atoms with Crippen LogP contribution in [0.25, 0.3) is 0 Å². The van der Waals surface area contributed by atoms with Crippen LogP contribution in [-0.2, 0) is 4.74 Å². The van der Waals surface area contributed by atoms with Crippen LogP contribution in [0, 0.1) is 0 Å². The average Bonchev–Trinajstić information content (AvgIpc) is 2.37. The lowest BCUT2D eigenvalue weighted by atomic mass is 10.1. The number of thiocarbonyl (C=S) groups is 1. The number of rotatable bonds is 6. The van der Waals surface area contributed by atoms with Gasteiger partial charge in [0.15, 0.2) is 5.11 Å². The molecule has 1 heterocycles. The van der Waals surface area contributed by atoms with Gasteiger partial charge in [0, 0.05) is 25.7 Å². The Morgan fingerprint density at radius 3 is 2.56 bits per heavy atom. The molecule has 4 nitrogen and oxygen atoms in total. The summed E-state index contributed by atoms with van der Waals surface area (Å²) in [5, 5.41) is 7.23. The van der Waals surface area contributed by atoms with Gasteiger partial charge in [0.1, 0.15) is 0 Å². The van der Waals surface area contributed by atoms with E-state index in [1.54, 1.807) is 7.11 Å². The fraction of sp³-hybridized carbons (Fsp3) is 0.923. The highest BCUT2D eigenvalue weighted by molar-refractivity contribution is 7.80. The molecule has 0 bridgehead atoms. The van der Waals surface area contributed by atoms with Crippen LogP contribution < -0.4 is 10.6 Å². The van der Waals surface area contributed by atoms with Crippen molar-refractivity contribution in [1.82, 2.24) is 15.5 Å². The number of nitrogens with one attached hydrogen (secondary N) is 2. The molecule has 0 amide bonds. The summed E-state index contributed by atoms with van der Waals surface area (Å²) < 4.78 is 5.07. The summed E-state index contributed by atoms with van der Waals surface area (Å²) in [6.45, 7) is 8.35. The van der Waals surface area contributed by atoms with Crippen LogP contribution in [0.2, 0.25) is 0 Å². The number of likely N-dealkylation sites (tertiary alicyclic amines) is 1. The first-order chi connectivity index (χ1) is 8.63. The molecule has 0 radical (unpaired) electrons. The third-order valence-corrected chi connectivity index (χ3v) is 3.63. The van der Waals surface area contributed by atoms with Crippen LogP contribution in [0.5, 0.6) is 0 Å². The minimum absolute atomic E-state index is 0.250. The molecule has 0 aliphatic carbocycles. The Kier molecular flexibility index (Phi) is 7.54. The Balaban J connectivity index is 2.16. The molecule has 106 valence electrons. The summed E-state index contributed by atoms with van der Waals surface area (Å²) in [4.78, 5) is 2.54. The zero-order valence-electron chi connectivity index (χ0n) is 11.9. The molecular weight excluding hydrogens is 246 g/mol. The van der Waals surface area contributed by atoms with Gasteiger partial charge in [0.05, 0.1) is 6.61 Å². The Labute approximate surface area is 116 Å². The minimum Gasteiger partial charge on any atom is -0.383 e. The lowest BCUT2D eigenvalue weighted by molar-refractivity contribution is 0.173. The molecule has 1 saturated heterocycles. The number of methoxy groups -OCH3 is 1. The Hall–Kier alpha value is -0.390. The summed E-state index contributed by atoms with van der Waals surface area (Å²) in [6.07, 6.45) is 4.04. The van der Waals surface area contributed by atoms with Gasteiger partial charge in [-0.15, -0.1) is 0 Å². The molecule has 18 heavy (non-hydrogen) atoms. The van der Waals surface area contributed by atoms with Crippen LogP contribution in [0.3, 0.4) is 0 Å². The molecule has 2 N–H and O–H groups in total. The van der Waals surface area contributed by atoms with Crippen molar-refractivity contribution in [2.45, 2.75) is 45.2 Å². The second-order valence-corrected chi connectivity index (χ2v) is 5.56. The molecule has 0 aromatic carbocycles. The highest BCUT2D eigenvalue weighted by atomic mass is 32.1. The summed E-state index contributed by atoms with van der Waals surface area (Å²) in [7, 11) is 1.70. The zero-order chi connectivity index (χ0) is 13.4. The molecule has 1 aliphatic heterocycles. The van der Waals surface area contributed by atoms with E-state index in [1.807, 2.05) is 0 Å². The van der Waals surface area contributed by atoms with E-state index in [1.165, 1.54) is 32.4 Å². The lowest BCUT2D eigenvalue weighted by Gasteiger charge is -2.32. The van der Waals surface area contributed by atoms with Gasteiger partial charge in [-0.25, -0.2) is 0 Å². The molecule has 1 aliphatic rings. The molecule has 1 fully saturated rings. The fourth-order valence-electron chi connectivity index (χ4n) is 2.30. The highest BCUT2D eigenvalue weighted by Crippen LogP contribution is 2.11. The molecule has 0 spiro atoms. The largest absolute Gasteiger partial charge is 0.383 e. The van der Waals surface area contributed by atoms with Crippen LogP contribution in [0.4, 0.5) is 0 Å². The van der Waals surface area contributed by atoms with Crippen molar-refractivity contribution < 1.29 is 4.74 Å². The van der Waals surface area contributed by atoms with E-state index in [-0.39, 0.29) is 6.04 Å². The van der Waals surface area contributed by atoms with Crippen molar-refractivity contribution in [1.29, 1.82) is 0 Å². The van der Waals surface area contributed by atoms with Crippen molar-refractivity contribution in [2.24, 2.45) is 0 Å². The summed E-state index contributed by atoms with van der Waals surface area (Å²) in [5.74, 6) is 0. The lowest BCUT2D eigenvalue weighted by Crippen LogP contribution is -2.48. The van der Waals surface area contributed by atoms with Gasteiger partial charge in [-0.05, 0) is 52.0 Å². The molecule has 2 unspecified atom stereocenters. The van der Waals surface area contributed by atoms with E-state index < -0.39 is 0 Å². The van der Waals surface area contributed by atoms with Crippen molar-refractivity contribution in [3.05, 3.63) is 0 Å². The maximum atomic E-state index is 5.27. The fourth-order valence-corrected chi connectivity index (χ4v) is 2.58. The quantitative estimate of drug-likeness (QED) is 0.715. The Bertz CT molecular complexity index is 244. The summed E-state index contributed by atoms with van der Waals surface area (Å²) in [5.41, 5.74) is 0. The van der Waals surface area contributed by atoms with Gasteiger partial charge in [-0.3, -0.25) is 4.90 Å². The van der Waals surface area contributed by atoms with E-state index in [2.05, 4.69) is 29.4 Å². The zero-order valence-corrected chi connectivity index (χ0v) is 12.7. The van der Waals surface area contributed by atoms with Crippen LogP contribution in [0.1, 0.15) is 33.1 Å². The smallest absolute Gasteiger partial charge is 0.166 e. The molecule has 0 aromatic rings. The topological polar surface area (TPSA) is 36.5 Å². The Morgan fingerprint density at radius 1 is 1.28 bits per heavy atom. The van der Waals surface area contributed by atoms with Gasteiger partial charge in [0.2, 0.25) is 0 Å². The van der Waals surface area contributed by atoms with Crippen LogP contribution in [-0.4, -0.2) is 55.4 Å². The number of nitrogens with zero attached hydrogens (tertiary/aromatic N) is 1. The number of ether oxygens (including phenoxy) is 1. The van der Waals surface area contributed by atoms with E-state index >= 15 is 0 Å². The van der Waals surface area contributed by atoms with Crippen LogP contribution >= 0.6 is 12.2 Å². The van der Waals surface area contributed by atoms with Gasteiger partial charge in [-0.2, -0.15) is 0 Å². The summed E-state index contributed by atoms with van der Waals surface area (Å²) in [6, 6.07) is 0.795. The van der Waals surface area contributed by atoms with E-state index in [9.17, 15) is 0 Å². The van der Waals surface area contributed by atoms with Gasteiger partial charge < -0.3 is 15.4 Å². The van der Waals surface area contributed by atoms with Gasteiger partial charge >= 0.3 is 0 Å². The second kappa shape index (κ2) is 8.67. The van der Waals surface area contributed by atoms with Gasteiger partial charge in [0.25, 0.3) is 0 Å². The van der Waals surface area contributed by atoms with Crippen molar-refractivity contribution in [3.63, 3.8) is 0 Å². The molecule has 0 aromatic heterocycles. The highest BCUT2D eigenvalue weighted by Gasteiger charge is 2.16.